The molecule has 0 heterocycles. The molecule has 0 spiro atoms. The molecule has 216 valence electrons. The highest BCUT2D eigenvalue weighted by Gasteiger charge is 2.15. The molecule has 0 saturated heterocycles. The number of carbonyl (C=O) groups is 1. The molecule has 4 aromatic carbocycles. The van der Waals surface area contributed by atoms with Crippen LogP contribution in [0.3, 0.4) is 0 Å². The maximum absolute atomic E-state index is 14.7. The largest absolute Gasteiger partial charge is 0.490 e. The maximum Gasteiger partial charge on any atom is 0.338 e. The molecule has 6 nitrogen and oxygen atoms in total. The standard InChI is InChI=1S/C34H30F2O6/c1-21(2)33(37)41-28-13-7-24(8-14-28)23-5-11-27(12-6-23)39-17-18-40-32-30(35)19-26(20-31(32)36)25-9-15-29(16-10-25)42-34(38)22(3)4/h5-16,19-20,34,38H,1,3,17-18H2,2,4H3. The number of aliphatic hydroxyl groups excluding tert-OH is 1. The van der Waals surface area contributed by atoms with E-state index in [2.05, 4.69) is 13.2 Å². The first-order valence-corrected chi connectivity index (χ1v) is 13.0. The van der Waals surface area contributed by atoms with Crippen molar-refractivity contribution in [3.8, 4) is 45.3 Å². The normalized spacial score (nSPS) is 11.4. The SMILES string of the molecule is C=C(C)C(=O)Oc1ccc(-c2ccc(OCCOc3c(F)cc(-c4ccc(OC(O)C(=C)C)cc4)cc3F)cc2)cc1. The minimum absolute atomic E-state index is 0.0697. The monoisotopic (exact) mass is 572 g/mol. The van der Waals surface area contributed by atoms with Crippen molar-refractivity contribution in [3.63, 3.8) is 0 Å². The number of aliphatic hydroxyl groups is 1. The van der Waals surface area contributed by atoms with Crippen LogP contribution in [0.1, 0.15) is 13.8 Å². The predicted octanol–water partition coefficient (Wildman–Crippen LogP) is 7.51. The van der Waals surface area contributed by atoms with Gasteiger partial charge < -0.3 is 24.1 Å². The van der Waals surface area contributed by atoms with Crippen LogP contribution in [0.2, 0.25) is 0 Å². The fourth-order valence-electron chi connectivity index (χ4n) is 3.78. The van der Waals surface area contributed by atoms with E-state index in [0.717, 1.165) is 11.1 Å². The van der Waals surface area contributed by atoms with E-state index >= 15 is 0 Å². The summed E-state index contributed by atoms with van der Waals surface area (Å²) in [5.41, 5.74) is 3.49. The molecule has 8 heteroatoms. The molecular formula is C34H30F2O6. The van der Waals surface area contributed by atoms with Gasteiger partial charge in [-0.15, -0.1) is 0 Å². The molecule has 0 aromatic heterocycles. The van der Waals surface area contributed by atoms with Gasteiger partial charge in [-0.3, -0.25) is 0 Å². The van der Waals surface area contributed by atoms with Crippen molar-refractivity contribution in [1.82, 2.24) is 0 Å². The number of ether oxygens (including phenoxy) is 4. The lowest BCUT2D eigenvalue weighted by molar-refractivity contribution is -0.130. The fourth-order valence-corrected chi connectivity index (χ4v) is 3.78. The molecule has 4 aromatic rings. The fraction of sp³-hybridized carbons (Fsp3) is 0.147. The van der Waals surface area contributed by atoms with Crippen molar-refractivity contribution in [2.45, 2.75) is 20.1 Å². The Labute approximate surface area is 243 Å². The highest BCUT2D eigenvalue weighted by Crippen LogP contribution is 2.30. The smallest absolute Gasteiger partial charge is 0.338 e. The van der Waals surface area contributed by atoms with Crippen molar-refractivity contribution >= 4 is 5.97 Å². The van der Waals surface area contributed by atoms with Gasteiger partial charge in [-0.25, -0.2) is 13.6 Å². The zero-order valence-corrected chi connectivity index (χ0v) is 23.2. The highest BCUT2D eigenvalue weighted by molar-refractivity contribution is 5.88. The van der Waals surface area contributed by atoms with Crippen LogP contribution in [-0.4, -0.2) is 30.6 Å². The van der Waals surface area contributed by atoms with Crippen LogP contribution in [0.4, 0.5) is 8.78 Å². The number of hydrogen-bond donors (Lipinski definition) is 1. The summed E-state index contributed by atoms with van der Waals surface area (Å²) in [6, 6.07) is 23.2. The molecule has 42 heavy (non-hydrogen) atoms. The molecular weight excluding hydrogens is 542 g/mol. The van der Waals surface area contributed by atoms with Crippen LogP contribution in [-0.2, 0) is 4.79 Å². The van der Waals surface area contributed by atoms with E-state index < -0.39 is 29.6 Å². The highest BCUT2D eigenvalue weighted by atomic mass is 19.1. The van der Waals surface area contributed by atoms with Gasteiger partial charge in [0.1, 0.15) is 30.5 Å². The van der Waals surface area contributed by atoms with Crippen molar-refractivity contribution in [2.75, 3.05) is 13.2 Å². The van der Waals surface area contributed by atoms with E-state index in [1.165, 1.54) is 12.1 Å². The second-order valence-corrected chi connectivity index (χ2v) is 9.53. The van der Waals surface area contributed by atoms with Gasteiger partial charge in [0.15, 0.2) is 17.4 Å². The Balaban J connectivity index is 1.29. The number of halogens is 2. The van der Waals surface area contributed by atoms with E-state index in [-0.39, 0.29) is 13.2 Å². The Morgan fingerprint density at radius 1 is 0.714 bits per heavy atom. The summed E-state index contributed by atoms with van der Waals surface area (Å²) in [5.74, 6) is -1.27. The number of rotatable bonds is 12. The summed E-state index contributed by atoms with van der Waals surface area (Å²) in [5, 5.41) is 9.76. The summed E-state index contributed by atoms with van der Waals surface area (Å²) in [4.78, 5) is 11.6. The average molecular weight is 573 g/mol. The first kappa shape index (κ1) is 30.0. The molecule has 4 rings (SSSR count). The number of esters is 1. The molecule has 0 bridgehead atoms. The zero-order valence-electron chi connectivity index (χ0n) is 23.2. The van der Waals surface area contributed by atoms with Crippen LogP contribution in [0.15, 0.2) is 109 Å². The maximum atomic E-state index is 14.7. The van der Waals surface area contributed by atoms with Crippen LogP contribution >= 0.6 is 0 Å². The zero-order chi connectivity index (χ0) is 30.2. The Kier molecular flexibility index (Phi) is 9.73. The van der Waals surface area contributed by atoms with Crippen molar-refractivity contribution in [1.29, 1.82) is 0 Å². The van der Waals surface area contributed by atoms with Crippen molar-refractivity contribution in [2.24, 2.45) is 0 Å². The minimum Gasteiger partial charge on any atom is -0.490 e. The van der Waals surface area contributed by atoms with E-state index in [1.807, 2.05) is 24.3 Å². The molecule has 0 fully saturated rings. The lowest BCUT2D eigenvalue weighted by Gasteiger charge is -2.14. The predicted molar refractivity (Wildman–Crippen MR) is 157 cm³/mol. The summed E-state index contributed by atoms with van der Waals surface area (Å²) < 4.78 is 51.0. The van der Waals surface area contributed by atoms with Crippen LogP contribution in [0.5, 0.6) is 23.0 Å². The molecule has 0 aliphatic carbocycles. The molecule has 1 unspecified atom stereocenters. The Bertz CT molecular complexity index is 1540. The topological polar surface area (TPSA) is 74.2 Å². The summed E-state index contributed by atoms with van der Waals surface area (Å²) in [6.07, 6.45) is -1.14. The van der Waals surface area contributed by atoms with Gasteiger partial charge in [-0.05, 0) is 90.2 Å². The molecule has 0 radical (unpaired) electrons. The van der Waals surface area contributed by atoms with Gasteiger partial charge >= 0.3 is 5.97 Å². The van der Waals surface area contributed by atoms with Crippen LogP contribution in [0.25, 0.3) is 22.3 Å². The number of benzene rings is 4. The number of hydrogen-bond acceptors (Lipinski definition) is 6. The summed E-state index contributed by atoms with van der Waals surface area (Å²) in [6.45, 7) is 10.4. The van der Waals surface area contributed by atoms with Crippen molar-refractivity contribution in [3.05, 3.63) is 121 Å². The Morgan fingerprint density at radius 2 is 1.17 bits per heavy atom. The van der Waals surface area contributed by atoms with E-state index in [4.69, 9.17) is 18.9 Å². The first-order chi connectivity index (χ1) is 20.1. The van der Waals surface area contributed by atoms with Gasteiger partial charge in [0, 0.05) is 5.57 Å². The van der Waals surface area contributed by atoms with Crippen molar-refractivity contribution < 1.29 is 37.6 Å². The third-order valence-electron chi connectivity index (χ3n) is 6.05. The summed E-state index contributed by atoms with van der Waals surface area (Å²) >= 11 is 0. The second-order valence-electron chi connectivity index (χ2n) is 9.53. The lowest BCUT2D eigenvalue weighted by atomic mass is 10.0. The molecule has 0 saturated carbocycles. The van der Waals surface area contributed by atoms with Gasteiger partial charge in [0.05, 0.1) is 0 Å². The quantitative estimate of drug-likeness (QED) is 0.0473. The first-order valence-electron chi connectivity index (χ1n) is 13.0. The van der Waals surface area contributed by atoms with Crippen LogP contribution in [0, 0.1) is 11.6 Å². The molecule has 0 amide bonds. The Hall–Kier alpha value is -4.95. The van der Waals surface area contributed by atoms with E-state index in [1.54, 1.807) is 62.4 Å². The van der Waals surface area contributed by atoms with Gasteiger partial charge in [-0.2, -0.15) is 0 Å². The third kappa shape index (κ3) is 7.83. The molecule has 1 atom stereocenters. The van der Waals surface area contributed by atoms with Gasteiger partial charge in [0.2, 0.25) is 6.29 Å². The molecule has 1 N–H and O–H groups in total. The second kappa shape index (κ2) is 13.6. The average Bonchev–Trinajstić information content (AvgIpc) is 2.97. The summed E-state index contributed by atoms with van der Waals surface area (Å²) in [7, 11) is 0. The van der Waals surface area contributed by atoms with E-state index in [0.29, 0.717) is 39.5 Å². The minimum atomic E-state index is -1.14. The molecule has 0 aliphatic heterocycles. The van der Waals surface area contributed by atoms with E-state index in [9.17, 15) is 18.7 Å². The third-order valence-corrected chi connectivity index (χ3v) is 6.05. The molecule has 0 aliphatic rings. The van der Waals surface area contributed by atoms with Gasteiger partial charge in [0.25, 0.3) is 0 Å². The Morgan fingerprint density at radius 3 is 1.67 bits per heavy atom. The lowest BCUT2D eigenvalue weighted by Crippen LogP contribution is -2.15. The number of carbonyl (C=O) groups excluding carboxylic acids is 1. The van der Waals surface area contributed by atoms with Crippen LogP contribution < -0.4 is 18.9 Å². The van der Waals surface area contributed by atoms with Gasteiger partial charge in [-0.1, -0.05) is 49.6 Å².